The average molecular weight is 194 g/mol. The quantitative estimate of drug-likeness (QED) is 0.527. The van der Waals surface area contributed by atoms with Gasteiger partial charge in [0.05, 0.1) is 5.70 Å². The van der Waals surface area contributed by atoms with Crippen LogP contribution in [0.3, 0.4) is 0 Å². The monoisotopic (exact) mass is 194 g/mol. The first kappa shape index (κ1) is 10.5. The van der Waals surface area contributed by atoms with E-state index in [1.807, 2.05) is 0 Å². The molecule has 4 nitrogen and oxygen atoms in total. The SMILES string of the molecule is C=CC(=C(C)C(N)=O)N1CCCC1=O. The largest absolute Gasteiger partial charge is 0.366 e. The first-order valence-electron chi connectivity index (χ1n) is 4.51. The van der Waals surface area contributed by atoms with Crippen LogP contribution in [0, 0.1) is 0 Å². The molecule has 1 aliphatic rings. The van der Waals surface area contributed by atoms with Gasteiger partial charge < -0.3 is 10.6 Å². The molecule has 0 aromatic carbocycles. The van der Waals surface area contributed by atoms with Gasteiger partial charge in [0.1, 0.15) is 0 Å². The lowest BCUT2D eigenvalue weighted by Crippen LogP contribution is -2.26. The van der Waals surface area contributed by atoms with E-state index in [2.05, 4.69) is 6.58 Å². The maximum atomic E-state index is 11.4. The first-order valence-corrected chi connectivity index (χ1v) is 4.51. The van der Waals surface area contributed by atoms with Crippen LogP contribution < -0.4 is 5.73 Å². The van der Waals surface area contributed by atoms with E-state index in [4.69, 9.17) is 5.73 Å². The summed E-state index contributed by atoms with van der Waals surface area (Å²) in [5.41, 5.74) is 6.07. The van der Waals surface area contributed by atoms with Crippen LogP contribution in [0.4, 0.5) is 0 Å². The van der Waals surface area contributed by atoms with Crippen molar-refractivity contribution in [3.05, 3.63) is 23.9 Å². The molecule has 1 heterocycles. The van der Waals surface area contributed by atoms with Crippen molar-refractivity contribution < 1.29 is 9.59 Å². The number of carbonyl (C=O) groups is 2. The molecule has 0 saturated carbocycles. The van der Waals surface area contributed by atoms with Crippen molar-refractivity contribution in [2.45, 2.75) is 19.8 Å². The van der Waals surface area contributed by atoms with Crippen molar-refractivity contribution in [2.24, 2.45) is 5.73 Å². The zero-order valence-electron chi connectivity index (χ0n) is 8.25. The number of rotatable bonds is 3. The van der Waals surface area contributed by atoms with Crippen molar-refractivity contribution in [1.29, 1.82) is 0 Å². The Kier molecular flexibility index (Phi) is 3.06. The second-order valence-corrected chi connectivity index (χ2v) is 3.23. The number of nitrogens with two attached hydrogens (primary N) is 1. The summed E-state index contributed by atoms with van der Waals surface area (Å²) < 4.78 is 0. The molecule has 0 aromatic heterocycles. The molecule has 2 amide bonds. The highest BCUT2D eigenvalue weighted by molar-refractivity contribution is 5.94. The third-order valence-corrected chi connectivity index (χ3v) is 2.31. The van der Waals surface area contributed by atoms with Crippen LogP contribution in [-0.4, -0.2) is 23.3 Å². The molecule has 76 valence electrons. The minimum Gasteiger partial charge on any atom is -0.366 e. The molecule has 0 bridgehead atoms. The fraction of sp³-hybridized carbons (Fsp3) is 0.400. The lowest BCUT2D eigenvalue weighted by Gasteiger charge is -2.18. The van der Waals surface area contributed by atoms with E-state index in [9.17, 15) is 9.59 Å². The minimum absolute atomic E-state index is 0.0282. The Bertz CT molecular complexity index is 318. The third kappa shape index (κ3) is 1.84. The zero-order valence-corrected chi connectivity index (χ0v) is 8.25. The van der Waals surface area contributed by atoms with Gasteiger partial charge in [-0.15, -0.1) is 0 Å². The van der Waals surface area contributed by atoms with Gasteiger partial charge in [0.25, 0.3) is 0 Å². The molecule has 1 fully saturated rings. The fourth-order valence-corrected chi connectivity index (χ4v) is 1.49. The van der Waals surface area contributed by atoms with E-state index >= 15 is 0 Å². The van der Waals surface area contributed by atoms with E-state index in [1.165, 1.54) is 6.08 Å². The Labute approximate surface area is 83.1 Å². The van der Waals surface area contributed by atoms with Gasteiger partial charge in [-0.1, -0.05) is 6.58 Å². The Morgan fingerprint density at radius 1 is 1.64 bits per heavy atom. The van der Waals surface area contributed by atoms with E-state index in [0.717, 1.165) is 6.42 Å². The van der Waals surface area contributed by atoms with Crippen molar-refractivity contribution >= 4 is 11.8 Å². The van der Waals surface area contributed by atoms with E-state index in [1.54, 1.807) is 11.8 Å². The van der Waals surface area contributed by atoms with Gasteiger partial charge in [-0.25, -0.2) is 0 Å². The van der Waals surface area contributed by atoms with Gasteiger partial charge in [0.15, 0.2) is 0 Å². The van der Waals surface area contributed by atoms with Crippen LogP contribution in [0.15, 0.2) is 23.9 Å². The molecule has 4 heteroatoms. The van der Waals surface area contributed by atoms with Crippen LogP contribution in [0.5, 0.6) is 0 Å². The van der Waals surface area contributed by atoms with Gasteiger partial charge in [0, 0.05) is 18.5 Å². The Hall–Kier alpha value is -1.58. The van der Waals surface area contributed by atoms with Crippen LogP contribution >= 0.6 is 0 Å². The molecule has 2 N–H and O–H groups in total. The second kappa shape index (κ2) is 4.09. The predicted molar refractivity (Wildman–Crippen MR) is 53.0 cm³/mol. The number of primary amides is 1. The summed E-state index contributed by atoms with van der Waals surface area (Å²) in [6, 6.07) is 0. The molecule has 0 radical (unpaired) electrons. The molecule has 0 aromatic rings. The molecule has 14 heavy (non-hydrogen) atoms. The first-order chi connectivity index (χ1) is 6.57. The van der Waals surface area contributed by atoms with Crippen molar-refractivity contribution in [2.75, 3.05) is 6.54 Å². The number of hydrogen-bond acceptors (Lipinski definition) is 2. The number of likely N-dealkylation sites (tertiary alicyclic amines) is 1. The Balaban J connectivity index is 3.02. The number of hydrogen-bond donors (Lipinski definition) is 1. The molecule has 1 saturated heterocycles. The standard InChI is InChI=1S/C10H14N2O2/c1-3-8(7(2)10(11)14)12-6-4-5-9(12)13/h3H,1,4-6H2,2H3,(H2,11,14). The Morgan fingerprint density at radius 2 is 2.29 bits per heavy atom. The number of allylic oxidation sites excluding steroid dienone is 1. The smallest absolute Gasteiger partial charge is 0.246 e. The van der Waals surface area contributed by atoms with Crippen molar-refractivity contribution in [3.63, 3.8) is 0 Å². The molecular formula is C10H14N2O2. The molecule has 0 aliphatic carbocycles. The van der Waals surface area contributed by atoms with Gasteiger partial charge in [0.2, 0.25) is 11.8 Å². The maximum Gasteiger partial charge on any atom is 0.246 e. The topological polar surface area (TPSA) is 63.4 Å². The lowest BCUT2D eigenvalue weighted by atomic mass is 10.2. The summed E-state index contributed by atoms with van der Waals surface area (Å²) in [6.45, 7) is 5.83. The van der Waals surface area contributed by atoms with Crippen LogP contribution in [-0.2, 0) is 9.59 Å². The summed E-state index contributed by atoms with van der Waals surface area (Å²) in [6.07, 6.45) is 2.86. The summed E-state index contributed by atoms with van der Waals surface area (Å²) in [5.74, 6) is -0.486. The molecule has 0 atom stereocenters. The van der Waals surface area contributed by atoms with Crippen LogP contribution in [0.1, 0.15) is 19.8 Å². The zero-order chi connectivity index (χ0) is 10.7. The summed E-state index contributed by atoms with van der Waals surface area (Å²) in [7, 11) is 0. The predicted octanol–water partition coefficient (Wildman–Crippen LogP) is 0.554. The Morgan fingerprint density at radius 3 is 2.64 bits per heavy atom. The second-order valence-electron chi connectivity index (χ2n) is 3.23. The lowest BCUT2D eigenvalue weighted by molar-refractivity contribution is -0.125. The third-order valence-electron chi connectivity index (χ3n) is 2.31. The van der Waals surface area contributed by atoms with Crippen LogP contribution in [0.25, 0.3) is 0 Å². The van der Waals surface area contributed by atoms with E-state index < -0.39 is 5.91 Å². The molecule has 1 aliphatic heterocycles. The average Bonchev–Trinajstić information content (AvgIpc) is 2.53. The van der Waals surface area contributed by atoms with Gasteiger partial charge in [-0.05, 0) is 19.4 Å². The number of carbonyl (C=O) groups excluding carboxylic acids is 2. The number of nitrogens with zero attached hydrogens (tertiary/aromatic N) is 1. The van der Waals surface area contributed by atoms with Gasteiger partial charge >= 0.3 is 0 Å². The maximum absolute atomic E-state index is 11.4. The summed E-state index contributed by atoms with van der Waals surface area (Å²) in [5, 5.41) is 0. The van der Waals surface area contributed by atoms with E-state index in [-0.39, 0.29) is 5.91 Å². The highest BCUT2D eigenvalue weighted by atomic mass is 16.2. The normalized spacial score (nSPS) is 18.1. The minimum atomic E-state index is -0.514. The van der Waals surface area contributed by atoms with Gasteiger partial charge in [-0.3, -0.25) is 9.59 Å². The fourth-order valence-electron chi connectivity index (χ4n) is 1.49. The summed E-state index contributed by atoms with van der Waals surface area (Å²) in [4.78, 5) is 23.9. The summed E-state index contributed by atoms with van der Waals surface area (Å²) >= 11 is 0. The molecule has 1 rings (SSSR count). The van der Waals surface area contributed by atoms with Crippen molar-refractivity contribution in [1.82, 2.24) is 4.90 Å². The highest BCUT2D eigenvalue weighted by Gasteiger charge is 2.24. The molecule has 0 spiro atoms. The van der Waals surface area contributed by atoms with Crippen molar-refractivity contribution in [3.8, 4) is 0 Å². The highest BCUT2D eigenvalue weighted by Crippen LogP contribution is 2.19. The van der Waals surface area contributed by atoms with Gasteiger partial charge in [-0.2, -0.15) is 0 Å². The van der Waals surface area contributed by atoms with Crippen LogP contribution in [0.2, 0.25) is 0 Å². The van der Waals surface area contributed by atoms with E-state index in [0.29, 0.717) is 24.2 Å². The molecule has 0 unspecified atom stereocenters. The molecular weight excluding hydrogens is 180 g/mol. The number of amides is 2.